The fourth-order valence-corrected chi connectivity index (χ4v) is 1.56. The first-order valence-corrected chi connectivity index (χ1v) is 5.39. The standard InChI is InChI=1S/C11H16ClFN2/c1-8(7-14)15-6-5-9-10(12)3-2-4-11(9)13/h2-4,8,15H,5-7,14H2,1H3. The predicted octanol–water partition coefficient (Wildman–Crippen LogP) is 1.96. The maximum absolute atomic E-state index is 13.3. The highest BCUT2D eigenvalue weighted by atomic mass is 35.5. The number of halogens is 2. The minimum atomic E-state index is -0.246. The quantitative estimate of drug-likeness (QED) is 0.812. The minimum Gasteiger partial charge on any atom is -0.329 e. The number of nitrogens with one attached hydrogen (secondary N) is 1. The Balaban J connectivity index is 2.50. The first kappa shape index (κ1) is 12.4. The Bertz CT molecular complexity index is 297. The fourth-order valence-electron chi connectivity index (χ4n) is 1.30. The third-order valence-electron chi connectivity index (χ3n) is 2.28. The Morgan fingerprint density at radius 2 is 2.27 bits per heavy atom. The normalized spacial score (nSPS) is 12.8. The third kappa shape index (κ3) is 3.78. The van der Waals surface area contributed by atoms with Crippen molar-refractivity contribution in [3.63, 3.8) is 0 Å². The third-order valence-corrected chi connectivity index (χ3v) is 2.64. The topological polar surface area (TPSA) is 38.0 Å². The fraction of sp³-hybridized carbons (Fsp3) is 0.455. The van der Waals surface area contributed by atoms with E-state index in [0.29, 0.717) is 30.1 Å². The van der Waals surface area contributed by atoms with Gasteiger partial charge >= 0.3 is 0 Å². The summed E-state index contributed by atoms with van der Waals surface area (Å²) in [6.07, 6.45) is 0.579. The molecule has 0 aromatic heterocycles. The van der Waals surface area contributed by atoms with E-state index in [-0.39, 0.29) is 11.9 Å². The molecule has 1 unspecified atom stereocenters. The maximum Gasteiger partial charge on any atom is 0.127 e. The van der Waals surface area contributed by atoms with Crippen LogP contribution in [0.3, 0.4) is 0 Å². The van der Waals surface area contributed by atoms with E-state index in [0.717, 1.165) is 0 Å². The van der Waals surface area contributed by atoms with Gasteiger partial charge in [0.2, 0.25) is 0 Å². The average Bonchev–Trinajstić information content (AvgIpc) is 2.22. The van der Waals surface area contributed by atoms with Gasteiger partial charge in [-0.3, -0.25) is 0 Å². The molecule has 15 heavy (non-hydrogen) atoms. The second kappa shape index (κ2) is 6.05. The Hall–Kier alpha value is -0.640. The smallest absolute Gasteiger partial charge is 0.127 e. The molecule has 1 atom stereocenters. The monoisotopic (exact) mass is 230 g/mol. The number of benzene rings is 1. The summed E-state index contributed by atoms with van der Waals surface area (Å²) in [5, 5.41) is 3.67. The molecule has 2 nitrogen and oxygen atoms in total. The molecule has 0 radical (unpaired) electrons. The van der Waals surface area contributed by atoms with E-state index >= 15 is 0 Å². The summed E-state index contributed by atoms with van der Waals surface area (Å²) in [7, 11) is 0. The summed E-state index contributed by atoms with van der Waals surface area (Å²) in [4.78, 5) is 0. The van der Waals surface area contributed by atoms with Crippen molar-refractivity contribution in [2.45, 2.75) is 19.4 Å². The SMILES string of the molecule is CC(CN)NCCc1c(F)cccc1Cl. The number of hydrogen-bond acceptors (Lipinski definition) is 2. The van der Waals surface area contributed by atoms with Crippen LogP contribution in [-0.2, 0) is 6.42 Å². The van der Waals surface area contributed by atoms with Gasteiger partial charge in [-0.1, -0.05) is 17.7 Å². The Morgan fingerprint density at radius 1 is 1.53 bits per heavy atom. The van der Waals surface area contributed by atoms with Crippen LogP contribution in [0.4, 0.5) is 4.39 Å². The van der Waals surface area contributed by atoms with Gasteiger partial charge in [0.1, 0.15) is 5.82 Å². The maximum atomic E-state index is 13.3. The number of hydrogen-bond donors (Lipinski definition) is 2. The van der Waals surface area contributed by atoms with E-state index in [9.17, 15) is 4.39 Å². The Labute approximate surface area is 94.6 Å². The molecule has 0 saturated heterocycles. The predicted molar refractivity (Wildman–Crippen MR) is 61.6 cm³/mol. The molecule has 0 saturated carbocycles. The van der Waals surface area contributed by atoms with Crippen LogP contribution in [0.25, 0.3) is 0 Å². The molecule has 0 spiro atoms. The molecule has 3 N–H and O–H groups in total. The van der Waals surface area contributed by atoms with E-state index in [2.05, 4.69) is 5.32 Å². The highest BCUT2D eigenvalue weighted by molar-refractivity contribution is 6.31. The van der Waals surface area contributed by atoms with Crippen molar-refractivity contribution in [3.8, 4) is 0 Å². The highest BCUT2D eigenvalue weighted by Gasteiger charge is 2.06. The number of nitrogens with two attached hydrogens (primary N) is 1. The van der Waals surface area contributed by atoms with Crippen molar-refractivity contribution in [1.29, 1.82) is 0 Å². The molecule has 0 heterocycles. The van der Waals surface area contributed by atoms with Gasteiger partial charge in [0, 0.05) is 23.2 Å². The van der Waals surface area contributed by atoms with Gasteiger partial charge in [-0.15, -0.1) is 0 Å². The summed E-state index contributed by atoms with van der Waals surface area (Å²) < 4.78 is 13.3. The van der Waals surface area contributed by atoms with E-state index < -0.39 is 0 Å². The summed E-state index contributed by atoms with van der Waals surface area (Å²) >= 11 is 5.89. The van der Waals surface area contributed by atoms with Crippen molar-refractivity contribution in [2.24, 2.45) is 5.73 Å². The largest absolute Gasteiger partial charge is 0.329 e. The average molecular weight is 231 g/mol. The van der Waals surface area contributed by atoms with E-state index in [1.807, 2.05) is 6.92 Å². The molecule has 0 amide bonds. The van der Waals surface area contributed by atoms with Crippen LogP contribution in [-0.4, -0.2) is 19.1 Å². The molecular weight excluding hydrogens is 215 g/mol. The summed E-state index contributed by atoms with van der Waals surface area (Å²) in [6, 6.07) is 4.98. The first-order chi connectivity index (χ1) is 7.15. The Morgan fingerprint density at radius 3 is 2.87 bits per heavy atom. The number of rotatable bonds is 5. The van der Waals surface area contributed by atoms with Gasteiger partial charge in [0.25, 0.3) is 0 Å². The van der Waals surface area contributed by atoms with Crippen molar-refractivity contribution in [2.75, 3.05) is 13.1 Å². The van der Waals surface area contributed by atoms with Crippen LogP contribution in [0.2, 0.25) is 5.02 Å². The van der Waals surface area contributed by atoms with Crippen LogP contribution in [0.1, 0.15) is 12.5 Å². The van der Waals surface area contributed by atoms with Crippen LogP contribution < -0.4 is 11.1 Å². The van der Waals surface area contributed by atoms with Crippen molar-refractivity contribution >= 4 is 11.6 Å². The molecule has 0 aliphatic carbocycles. The lowest BCUT2D eigenvalue weighted by Gasteiger charge is -2.11. The van der Waals surface area contributed by atoms with Crippen molar-refractivity contribution in [1.82, 2.24) is 5.32 Å². The van der Waals surface area contributed by atoms with Gasteiger partial charge in [-0.05, 0) is 32.0 Å². The zero-order valence-corrected chi connectivity index (χ0v) is 9.52. The second-order valence-corrected chi connectivity index (χ2v) is 3.95. The van der Waals surface area contributed by atoms with Gasteiger partial charge in [-0.2, -0.15) is 0 Å². The molecule has 1 aromatic rings. The van der Waals surface area contributed by atoms with Crippen LogP contribution >= 0.6 is 11.6 Å². The molecule has 1 rings (SSSR count). The van der Waals surface area contributed by atoms with E-state index in [1.54, 1.807) is 12.1 Å². The van der Waals surface area contributed by atoms with Gasteiger partial charge in [0.15, 0.2) is 0 Å². The van der Waals surface area contributed by atoms with E-state index in [1.165, 1.54) is 6.07 Å². The zero-order chi connectivity index (χ0) is 11.3. The molecule has 0 fully saturated rings. The minimum absolute atomic E-state index is 0.246. The lowest BCUT2D eigenvalue weighted by molar-refractivity contribution is 0.547. The van der Waals surface area contributed by atoms with E-state index in [4.69, 9.17) is 17.3 Å². The lowest BCUT2D eigenvalue weighted by atomic mass is 10.1. The highest BCUT2D eigenvalue weighted by Crippen LogP contribution is 2.18. The van der Waals surface area contributed by atoms with Gasteiger partial charge < -0.3 is 11.1 Å². The zero-order valence-electron chi connectivity index (χ0n) is 8.76. The summed E-state index contributed by atoms with van der Waals surface area (Å²) in [5.41, 5.74) is 6.01. The first-order valence-electron chi connectivity index (χ1n) is 5.01. The summed E-state index contributed by atoms with van der Waals surface area (Å²) in [6.45, 7) is 3.24. The summed E-state index contributed by atoms with van der Waals surface area (Å²) in [5.74, 6) is -0.246. The molecule has 84 valence electrons. The Kier molecular flexibility index (Phi) is 5.02. The molecule has 0 aliphatic rings. The van der Waals surface area contributed by atoms with Gasteiger partial charge in [-0.25, -0.2) is 4.39 Å². The molecular formula is C11H16ClFN2. The lowest BCUT2D eigenvalue weighted by Crippen LogP contribution is -2.34. The van der Waals surface area contributed by atoms with Crippen LogP contribution in [0, 0.1) is 5.82 Å². The molecule has 1 aromatic carbocycles. The van der Waals surface area contributed by atoms with Crippen LogP contribution in [0.15, 0.2) is 18.2 Å². The van der Waals surface area contributed by atoms with Crippen molar-refractivity contribution in [3.05, 3.63) is 34.6 Å². The molecule has 0 aliphatic heterocycles. The van der Waals surface area contributed by atoms with Crippen LogP contribution in [0.5, 0.6) is 0 Å². The molecule has 0 bridgehead atoms. The van der Waals surface area contributed by atoms with Gasteiger partial charge in [0.05, 0.1) is 0 Å². The second-order valence-electron chi connectivity index (χ2n) is 3.54. The van der Waals surface area contributed by atoms with Crippen molar-refractivity contribution < 1.29 is 4.39 Å². The molecule has 4 heteroatoms.